The average Bonchev–Trinajstić information content (AvgIpc) is 3.12. The largest absolute Gasteiger partial charge is 0.483 e. The Morgan fingerprint density at radius 2 is 2.07 bits per heavy atom. The van der Waals surface area contributed by atoms with Gasteiger partial charge in [0.15, 0.2) is 6.61 Å². The minimum absolute atomic E-state index is 0.0209. The van der Waals surface area contributed by atoms with E-state index in [2.05, 4.69) is 23.2 Å². The van der Waals surface area contributed by atoms with E-state index >= 15 is 0 Å². The van der Waals surface area contributed by atoms with Crippen LogP contribution in [-0.2, 0) is 17.8 Å². The second-order valence-electron chi connectivity index (χ2n) is 7.60. The molecule has 29 heavy (non-hydrogen) atoms. The number of fused-ring (bicyclic) bond motifs is 1. The molecule has 5 nitrogen and oxygen atoms in total. The van der Waals surface area contributed by atoms with Gasteiger partial charge in [0.2, 0.25) is 0 Å². The number of aromatic nitrogens is 2. The predicted molar refractivity (Wildman–Crippen MR) is 114 cm³/mol. The number of amides is 1. The molecule has 0 fully saturated rings. The Labute approximate surface area is 175 Å². The van der Waals surface area contributed by atoms with Gasteiger partial charge < -0.3 is 9.64 Å². The van der Waals surface area contributed by atoms with Crippen LogP contribution in [0.4, 0.5) is 0 Å². The smallest absolute Gasteiger partial charge is 0.260 e. The highest BCUT2D eigenvalue weighted by molar-refractivity contribution is 6.30. The number of nitrogens with one attached hydrogen (secondary N) is 1. The van der Waals surface area contributed by atoms with E-state index in [1.165, 1.54) is 5.56 Å². The van der Waals surface area contributed by atoms with E-state index in [1.807, 2.05) is 49.1 Å². The van der Waals surface area contributed by atoms with Gasteiger partial charge in [-0.05, 0) is 55.7 Å². The summed E-state index contributed by atoms with van der Waals surface area (Å²) >= 11 is 6.14. The number of rotatable bonds is 4. The van der Waals surface area contributed by atoms with Gasteiger partial charge >= 0.3 is 0 Å². The zero-order valence-electron chi connectivity index (χ0n) is 16.9. The Bertz CT molecular complexity index is 1070. The molecule has 1 amide bonds. The van der Waals surface area contributed by atoms with E-state index in [0.717, 1.165) is 45.8 Å². The van der Waals surface area contributed by atoms with Gasteiger partial charge in [-0.25, -0.2) is 0 Å². The van der Waals surface area contributed by atoms with Gasteiger partial charge in [0.1, 0.15) is 5.75 Å². The van der Waals surface area contributed by atoms with Gasteiger partial charge in [0.05, 0.1) is 5.69 Å². The molecule has 0 saturated carbocycles. The summed E-state index contributed by atoms with van der Waals surface area (Å²) in [5.41, 5.74) is 7.30. The Hall–Kier alpha value is -2.79. The van der Waals surface area contributed by atoms with E-state index in [1.54, 1.807) is 0 Å². The number of carbonyl (C=O) groups excluding carboxylic acids is 1. The van der Waals surface area contributed by atoms with Crippen LogP contribution in [0.25, 0.3) is 11.3 Å². The number of H-pyrrole nitrogens is 1. The molecule has 6 heteroatoms. The SMILES string of the molecule is Cc1cc(C)c(C)c(OCC(=O)N2CCc3[nH]nc(-c4cccc(Cl)c4)c3C2)c1. The lowest BCUT2D eigenvalue weighted by Crippen LogP contribution is -2.38. The van der Waals surface area contributed by atoms with E-state index in [9.17, 15) is 4.79 Å². The van der Waals surface area contributed by atoms with Crippen LogP contribution < -0.4 is 4.74 Å². The number of ether oxygens (including phenoxy) is 1. The van der Waals surface area contributed by atoms with Gasteiger partial charge in [-0.15, -0.1) is 0 Å². The van der Waals surface area contributed by atoms with Gasteiger partial charge in [-0.2, -0.15) is 5.10 Å². The maximum atomic E-state index is 12.8. The highest BCUT2D eigenvalue weighted by atomic mass is 35.5. The molecule has 0 bridgehead atoms. The molecule has 1 aliphatic rings. The van der Waals surface area contributed by atoms with Crippen molar-refractivity contribution in [3.05, 3.63) is 69.4 Å². The van der Waals surface area contributed by atoms with Crippen molar-refractivity contribution >= 4 is 17.5 Å². The van der Waals surface area contributed by atoms with Crippen molar-refractivity contribution in [2.45, 2.75) is 33.7 Å². The summed E-state index contributed by atoms with van der Waals surface area (Å²) in [6.45, 7) is 7.30. The molecule has 4 rings (SSSR count). The Balaban J connectivity index is 1.49. The van der Waals surface area contributed by atoms with Crippen molar-refractivity contribution < 1.29 is 9.53 Å². The van der Waals surface area contributed by atoms with Crippen molar-refractivity contribution in [1.29, 1.82) is 0 Å². The number of hydrogen-bond acceptors (Lipinski definition) is 3. The van der Waals surface area contributed by atoms with E-state index in [-0.39, 0.29) is 12.5 Å². The first kappa shape index (κ1) is 19.5. The Morgan fingerprint density at radius 1 is 1.24 bits per heavy atom. The second-order valence-corrected chi connectivity index (χ2v) is 8.04. The molecule has 1 N–H and O–H groups in total. The molecule has 150 valence electrons. The van der Waals surface area contributed by atoms with Crippen molar-refractivity contribution in [2.24, 2.45) is 0 Å². The third-order valence-electron chi connectivity index (χ3n) is 5.50. The lowest BCUT2D eigenvalue weighted by atomic mass is 10.0. The number of halogens is 1. The Kier molecular flexibility index (Phi) is 5.33. The van der Waals surface area contributed by atoms with E-state index in [0.29, 0.717) is 18.1 Å². The first-order valence-electron chi connectivity index (χ1n) is 9.73. The number of benzene rings is 2. The molecule has 2 aromatic carbocycles. The van der Waals surface area contributed by atoms with Gasteiger partial charge in [-0.3, -0.25) is 9.89 Å². The summed E-state index contributed by atoms with van der Waals surface area (Å²) < 4.78 is 5.88. The predicted octanol–water partition coefficient (Wildman–Crippen LogP) is 4.62. The first-order valence-corrected chi connectivity index (χ1v) is 10.1. The molecular formula is C23H24ClN3O2. The molecule has 0 atom stereocenters. The topological polar surface area (TPSA) is 58.2 Å². The van der Waals surface area contributed by atoms with Crippen LogP contribution in [-0.4, -0.2) is 34.2 Å². The van der Waals surface area contributed by atoms with Gasteiger partial charge in [0.25, 0.3) is 5.91 Å². The first-order chi connectivity index (χ1) is 13.9. The molecule has 0 unspecified atom stereocenters. The summed E-state index contributed by atoms with van der Waals surface area (Å²) in [6, 6.07) is 11.7. The lowest BCUT2D eigenvalue weighted by molar-refractivity contribution is -0.134. The summed E-state index contributed by atoms with van der Waals surface area (Å²) in [6.07, 6.45) is 0.747. The molecule has 1 aromatic heterocycles. The molecule has 0 spiro atoms. The molecule has 0 radical (unpaired) electrons. The minimum Gasteiger partial charge on any atom is -0.483 e. The highest BCUT2D eigenvalue weighted by Gasteiger charge is 2.26. The maximum absolute atomic E-state index is 12.8. The molecular weight excluding hydrogens is 386 g/mol. The maximum Gasteiger partial charge on any atom is 0.260 e. The molecule has 3 aromatic rings. The minimum atomic E-state index is -0.0209. The van der Waals surface area contributed by atoms with Crippen molar-refractivity contribution in [3.63, 3.8) is 0 Å². The second kappa shape index (κ2) is 7.91. The molecule has 0 saturated heterocycles. The quantitative estimate of drug-likeness (QED) is 0.684. The van der Waals surface area contributed by atoms with Crippen LogP contribution in [0.15, 0.2) is 36.4 Å². The number of nitrogens with zero attached hydrogens (tertiary/aromatic N) is 2. The lowest BCUT2D eigenvalue weighted by Gasteiger charge is -2.27. The number of carbonyl (C=O) groups is 1. The van der Waals surface area contributed by atoms with Crippen LogP contribution in [0.1, 0.15) is 27.9 Å². The summed E-state index contributed by atoms with van der Waals surface area (Å²) in [4.78, 5) is 14.7. The zero-order valence-corrected chi connectivity index (χ0v) is 17.6. The summed E-state index contributed by atoms with van der Waals surface area (Å²) in [5.74, 6) is 0.754. The van der Waals surface area contributed by atoms with Crippen molar-refractivity contribution in [3.8, 4) is 17.0 Å². The van der Waals surface area contributed by atoms with E-state index in [4.69, 9.17) is 16.3 Å². The fourth-order valence-electron chi connectivity index (χ4n) is 3.76. The highest BCUT2D eigenvalue weighted by Crippen LogP contribution is 2.30. The third kappa shape index (κ3) is 4.01. The monoisotopic (exact) mass is 409 g/mol. The molecule has 2 heterocycles. The van der Waals surface area contributed by atoms with Crippen LogP contribution in [0.5, 0.6) is 5.75 Å². The number of aryl methyl sites for hydroxylation is 2. The van der Waals surface area contributed by atoms with Crippen LogP contribution in [0.2, 0.25) is 5.02 Å². The van der Waals surface area contributed by atoms with Crippen LogP contribution in [0, 0.1) is 20.8 Å². The number of hydrogen-bond donors (Lipinski definition) is 1. The van der Waals surface area contributed by atoms with Crippen molar-refractivity contribution in [1.82, 2.24) is 15.1 Å². The standard InChI is InChI=1S/C23H24ClN3O2/c1-14-9-15(2)16(3)21(10-14)29-13-22(28)27-8-7-20-19(12-27)23(26-25-20)17-5-4-6-18(24)11-17/h4-6,9-11H,7-8,12-13H2,1-3H3,(H,25,26). The fraction of sp³-hybridized carbons (Fsp3) is 0.304. The van der Waals surface area contributed by atoms with Crippen LogP contribution in [0.3, 0.4) is 0 Å². The fourth-order valence-corrected chi connectivity index (χ4v) is 3.95. The van der Waals surface area contributed by atoms with Gasteiger partial charge in [-0.1, -0.05) is 29.8 Å². The molecule has 1 aliphatic heterocycles. The summed E-state index contributed by atoms with van der Waals surface area (Å²) in [7, 11) is 0. The third-order valence-corrected chi connectivity index (χ3v) is 5.73. The zero-order chi connectivity index (χ0) is 20.5. The Morgan fingerprint density at radius 3 is 2.86 bits per heavy atom. The van der Waals surface area contributed by atoms with Crippen LogP contribution >= 0.6 is 11.6 Å². The van der Waals surface area contributed by atoms with Crippen molar-refractivity contribution in [2.75, 3.05) is 13.2 Å². The number of aromatic amines is 1. The normalized spacial score (nSPS) is 13.3. The molecule has 0 aliphatic carbocycles. The van der Waals surface area contributed by atoms with Gasteiger partial charge in [0, 0.05) is 41.4 Å². The summed E-state index contributed by atoms with van der Waals surface area (Å²) in [5, 5.41) is 8.26. The average molecular weight is 410 g/mol. The van der Waals surface area contributed by atoms with E-state index < -0.39 is 0 Å².